The molecule has 0 aliphatic carbocycles. The number of hydrogen-bond donors (Lipinski definition) is 0. The Hall–Kier alpha value is -1.74. The molecule has 3 rings (SSSR count). The van der Waals surface area contributed by atoms with Gasteiger partial charge in [-0.3, -0.25) is 0 Å². The number of fused-ring (bicyclic) bond motifs is 1. The van der Waals surface area contributed by atoms with Gasteiger partial charge in [0.05, 0.1) is 22.1 Å². The summed E-state index contributed by atoms with van der Waals surface area (Å²) in [7, 11) is 0. The predicted molar refractivity (Wildman–Crippen MR) is 108 cm³/mol. The van der Waals surface area contributed by atoms with Crippen LogP contribution in [0, 0.1) is 13.8 Å². The molecule has 2 aromatic rings. The lowest BCUT2D eigenvalue weighted by Gasteiger charge is -2.20. The Morgan fingerprint density at radius 2 is 2.00 bits per heavy atom. The monoisotopic (exact) mass is 357 g/mol. The van der Waals surface area contributed by atoms with E-state index in [9.17, 15) is 0 Å². The van der Waals surface area contributed by atoms with Gasteiger partial charge in [0.1, 0.15) is 0 Å². The van der Waals surface area contributed by atoms with Crippen LogP contribution in [0.3, 0.4) is 0 Å². The van der Waals surface area contributed by atoms with Crippen LogP contribution in [0.5, 0.6) is 0 Å². The van der Waals surface area contributed by atoms with Gasteiger partial charge in [-0.2, -0.15) is 0 Å². The highest BCUT2D eigenvalue weighted by Gasteiger charge is 2.30. The SMILES string of the molecule is C/C=C(/CCC)c1c(CC)nc2n1CCN2c1c(C)cc(C)cc1Cl. The molecule has 0 radical (unpaired) electrons. The standard InChI is InChI=1S/C21H28ClN3/c1-6-9-16(7-2)20-18(8-3)23-21-24(10-11-25(20)21)19-15(5)12-14(4)13-17(19)22/h7,12-13H,6,8-11H2,1-5H3/b16-7-. The van der Waals surface area contributed by atoms with Gasteiger partial charge >= 0.3 is 0 Å². The molecular formula is C21H28ClN3. The summed E-state index contributed by atoms with van der Waals surface area (Å²) in [5.74, 6) is 1.04. The maximum absolute atomic E-state index is 6.61. The molecule has 134 valence electrons. The van der Waals surface area contributed by atoms with E-state index < -0.39 is 0 Å². The number of anilines is 2. The molecule has 0 spiro atoms. The first kappa shape index (κ1) is 18.1. The third-order valence-electron chi connectivity index (χ3n) is 4.98. The van der Waals surface area contributed by atoms with Crippen LogP contribution in [0.2, 0.25) is 5.02 Å². The Kier molecular flexibility index (Phi) is 5.24. The molecule has 0 atom stereocenters. The summed E-state index contributed by atoms with van der Waals surface area (Å²) in [6.07, 6.45) is 5.44. The smallest absolute Gasteiger partial charge is 0.210 e. The molecule has 1 aliphatic rings. The van der Waals surface area contributed by atoms with Gasteiger partial charge in [0.2, 0.25) is 5.95 Å². The summed E-state index contributed by atoms with van der Waals surface area (Å²) in [5.41, 5.74) is 7.44. The number of rotatable bonds is 5. The first-order valence-electron chi connectivity index (χ1n) is 9.31. The first-order valence-corrected chi connectivity index (χ1v) is 9.68. The summed E-state index contributed by atoms with van der Waals surface area (Å²) in [6, 6.07) is 4.24. The van der Waals surface area contributed by atoms with E-state index in [-0.39, 0.29) is 0 Å². The Labute approximate surface area is 156 Å². The van der Waals surface area contributed by atoms with E-state index in [1.165, 1.54) is 28.1 Å². The molecule has 0 saturated carbocycles. The minimum absolute atomic E-state index is 0.813. The molecular weight excluding hydrogens is 330 g/mol. The minimum Gasteiger partial charge on any atom is -0.308 e. The zero-order valence-electron chi connectivity index (χ0n) is 16.0. The van der Waals surface area contributed by atoms with E-state index in [0.717, 1.165) is 49.0 Å². The van der Waals surface area contributed by atoms with Gasteiger partial charge in [-0.1, -0.05) is 44.0 Å². The molecule has 1 aromatic carbocycles. The molecule has 2 heterocycles. The number of aromatic nitrogens is 2. The summed E-state index contributed by atoms with van der Waals surface area (Å²) in [6.45, 7) is 12.7. The Bertz CT molecular complexity index is 794. The van der Waals surface area contributed by atoms with Crippen LogP contribution < -0.4 is 4.90 Å². The van der Waals surface area contributed by atoms with Crippen LogP contribution in [-0.2, 0) is 13.0 Å². The van der Waals surface area contributed by atoms with Crippen LogP contribution in [-0.4, -0.2) is 16.1 Å². The number of benzene rings is 1. The van der Waals surface area contributed by atoms with Crippen LogP contribution in [0.25, 0.3) is 5.57 Å². The number of halogens is 1. The van der Waals surface area contributed by atoms with Crippen molar-refractivity contribution in [3.05, 3.63) is 45.7 Å². The fourth-order valence-electron chi connectivity index (χ4n) is 3.94. The van der Waals surface area contributed by atoms with Crippen molar-refractivity contribution < 1.29 is 0 Å². The van der Waals surface area contributed by atoms with Gasteiger partial charge in [0.15, 0.2) is 0 Å². The second kappa shape index (κ2) is 7.25. The normalized spacial score (nSPS) is 14.3. The molecule has 0 bridgehead atoms. The molecule has 4 heteroatoms. The summed E-state index contributed by atoms with van der Waals surface area (Å²) in [4.78, 5) is 7.30. The van der Waals surface area contributed by atoms with Crippen LogP contribution >= 0.6 is 11.6 Å². The molecule has 1 aliphatic heterocycles. The van der Waals surface area contributed by atoms with Gasteiger partial charge in [0.25, 0.3) is 0 Å². The number of hydrogen-bond acceptors (Lipinski definition) is 2. The zero-order valence-corrected chi connectivity index (χ0v) is 16.7. The fraction of sp³-hybridized carbons (Fsp3) is 0.476. The molecule has 0 amide bonds. The third-order valence-corrected chi connectivity index (χ3v) is 5.27. The van der Waals surface area contributed by atoms with E-state index in [0.29, 0.717) is 0 Å². The largest absolute Gasteiger partial charge is 0.308 e. The van der Waals surface area contributed by atoms with Crippen molar-refractivity contribution in [3.8, 4) is 0 Å². The van der Waals surface area contributed by atoms with E-state index >= 15 is 0 Å². The fourth-order valence-corrected chi connectivity index (χ4v) is 4.37. The van der Waals surface area contributed by atoms with Crippen LogP contribution in [0.1, 0.15) is 56.1 Å². The van der Waals surface area contributed by atoms with Crippen molar-refractivity contribution in [2.45, 2.75) is 60.4 Å². The average molecular weight is 358 g/mol. The third kappa shape index (κ3) is 3.10. The maximum Gasteiger partial charge on any atom is 0.210 e. The average Bonchev–Trinajstić information content (AvgIpc) is 3.11. The van der Waals surface area contributed by atoms with Gasteiger partial charge in [-0.05, 0) is 56.4 Å². The van der Waals surface area contributed by atoms with E-state index in [1.54, 1.807) is 0 Å². The minimum atomic E-state index is 0.813. The number of imidazole rings is 1. The van der Waals surface area contributed by atoms with E-state index in [2.05, 4.69) is 56.2 Å². The highest BCUT2D eigenvalue weighted by Crippen LogP contribution is 2.40. The molecule has 0 fully saturated rings. The highest BCUT2D eigenvalue weighted by atomic mass is 35.5. The van der Waals surface area contributed by atoms with Crippen molar-refractivity contribution in [1.29, 1.82) is 0 Å². The molecule has 25 heavy (non-hydrogen) atoms. The molecule has 0 unspecified atom stereocenters. The Balaban J connectivity index is 2.12. The Morgan fingerprint density at radius 3 is 2.60 bits per heavy atom. The number of nitrogens with zero attached hydrogens (tertiary/aromatic N) is 3. The molecule has 0 N–H and O–H groups in total. The lowest BCUT2D eigenvalue weighted by molar-refractivity contribution is 0.776. The van der Waals surface area contributed by atoms with Crippen LogP contribution in [0.4, 0.5) is 11.6 Å². The summed E-state index contributed by atoms with van der Waals surface area (Å²) >= 11 is 6.61. The molecule has 3 nitrogen and oxygen atoms in total. The predicted octanol–water partition coefficient (Wildman–Crippen LogP) is 6.07. The zero-order chi connectivity index (χ0) is 18.1. The van der Waals surface area contributed by atoms with Gasteiger partial charge in [-0.15, -0.1) is 0 Å². The second-order valence-corrected chi connectivity index (χ2v) is 7.25. The van der Waals surface area contributed by atoms with Gasteiger partial charge in [-0.25, -0.2) is 4.98 Å². The molecule has 1 aromatic heterocycles. The van der Waals surface area contributed by atoms with Crippen molar-refractivity contribution in [1.82, 2.24) is 9.55 Å². The van der Waals surface area contributed by atoms with Crippen molar-refractivity contribution in [3.63, 3.8) is 0 Å². The Morgan fingerprint density at radius 1 is 1.24 bits per heavy atom. The second-order valence-electron chi connectivity index (χ2n) is 6.84. The number of aryl methyl sites for hydroxylation is 3. The van der Waals surface area contributed by atoms with Crippen LogP contribution in [0.15, 0.2) is 18.2 Å². The lowest BCUT2D eigenvalue weighted by atomic mass is 10.0. The summed E-state index contributed by atoms with van der Waals surface area (Å²) < 4.78 is 2.39. The van der Waals surface area contributed by atoms with Crippen molar-refractivity contribution in [2.24, 2.45) is 0 Å². The van der Waals surface area contributed by atoms with Crippen molar-refractivity contribution in [2.75, 3.05) is 11.4 Å². The quantitative estimate of drug-likeness (QED) is 0.647. The van der Waals surface area contributed by atoms with Gasteiger partial charge in [0, 0.05) is 13.1 Å². The van der Waals surface area contributed by atoms with E-state index in [1.807, 2.05) is 6.07 Å². The topological polar surface area (TPSA) is 21.1 Å². The van der Waals surface area contributed by atoms with E-state index in [4.69, 9.17) is 16.6 Å². The molecule has 0 saturated heterocycles. The number of allylic oxidation sites excluding steroid dienone is 2. The highest BCUT2D eigenvalue weighted by molar-refractivity contribution is 6.33. The van der Waals surface area contributed by atoms with Gasteiger partial charge < -0.3 is 9.47 Å². The van der Waals surface area contributed by atoms with Crippen molar-refractivity contribution >= 4 is 28.8 Å². The first-order chi connectivity index (χ1) is 12.0. The lowest BCUT2D eigenvalue weighted by Crippen LogP contribution is -2.16. The maximum atomic E-state index is 6.61. The summed E-state index contributed by atoms with van der Waals surface area (Å²) in [5, 5.41) is 0.813.